The van der Waals surface area contributed by atoms with Crippen molar-refractivity contribution in [1.29, 1.82) is 0 Å². The van der Waals surface area contributed by atoms with E-state index in [0.29, 0.717) is 6.10 Å². The fraction of sp³-hybridized carbons (Fsp3) is 1.00. The zero-order valence-corrected chi connectivity index (χ0v) is 8.81. The van der Waals surface area contributed by atoms with Crippen LogP contribution in [0.3, 0.4) is 0 Å². The summed E-state index contributed by atoms with van der Waals surface area (Å²) in [4.78, 5) is 2.02. The SMILES string of the molecule is COC1CCN(CC(Cl)Cl)CC1. The maximum atomic E-state index is 5.67. The van der Waals surface area contributed by atoms with Crippen molar-refractivity contribution < 1.29 is 4.74 Å². The molecule has 4 heteroatoms. The lowest BCUT2D eigenvalue weighted by Crippen LogP contribution is -2.38. The summed E-state index contributed by atoms with van der Waals surface area (Å²) in [7, 11) is 1.77. The van der Waals surface area contributed by atoms with E-state index in [0.717, 1.165) is 32.5 Å². The van der Waals surface area contributed by atoms with Gasteiger partial charge in [0, 0.05) is 26.7 Å². The Morgan fingerprint density at radius 2 is 2.00 bits per heavy atom. The van der Waals surface area contributed by atoms with E-state index in [4.69, 9.17) is 27.9 Å². The maximum Gasteiger partial charge on any atom is 0.120 e. The second-order valence-corrected chi connectivity index (χ2v) is 4.40. The fourth-order valence-corrected chi connectivity index (χ4v) is 1.91. The minimum atomic E-state index is -0.260. The molecule has 12 heavy (non-hydrogen) atoms. The standard InChI is InChI=1S/C8H15Cl2NO/c1-12-7-2-4-11(5-3-7)6-8(9)10/h7-8H,2-6H2,1H3. The highest BCUT2D eigenvalue weighted by atomic mass is 35.5. The summed E-state index contributed by atoms with van der Waals surface area (Å²) in [5.41, 5.74) is 0. The number of alkyl halides is 2. The molecular formula is C8H15Cl2NO. The highest BCUT2D eigenvalue weighted by Gasteiger charge is 2.19. The quantitative estimate of drug-likeness (QED) is 0.662. The van der Waals surface area contributed by atoms with Crippen molar-refractivity contribution in [3.63, 3.8) is 0 Å². The van der Waals surface area contributed by atoms with Crippen LogP contribution in [0.25, 0.3) is 0 Å². The lowest BCUT2D eigenvalue weighted by molar-refractivity contribution is 0.0424. The Balaban J connectivity index is 2.17. The number of hydrogen-bond donors (Lipinski definition) is 0. The Kier molecular flexibility index (Phi) is 4.65. The van der Waals surface area contributed by atoms with Gasteiger partial charge < -0.3 is 9.64 Å². The van der Waals surface area contributed by atoms with Crippen molar-refractivity contribution in [3.05, 3.63) is 0 Å². The molecule has 0 bridgehead atoms. The highest BCUT2D eigenvalue weighted by molar-refractivity contribution is 6.44. The minimum absolute atomic E-state index is 0.260. The summed E-state index contributed by atoms with van der Waals surface area (Å²) in [5, 5.41) is 0. The van der Waals surface area contributed by atoms with Crippen LogP contribution in [0.2, 0.25) is 0 Å². The van der Waals surface area contributed by atoms with Gasteiger partial charge in [-0.05, 0) is 12.8 Å². The number of hydrogen-bond acceptors (Lipinski definition) is 2. The number of methoxy groups -OCH3 is 1. The van der Waals surface area contributed by atoms with E-state index in [1.807, 2.05) is 0 Å². The van der Waals surface area contributed by atoms with Gasteiger partial charge in [0.1, 0.15) is 4.84 Å². The second-order valence-electron chi connectivity index (χ2n) is 3.13. The van der Waals surface area contributed by atoms with Crippen LogP contribution in [0, 0.1) is 0 Å². The number of likely N-dealkylation sites (tertiary alicyclic amines) is 1. The molecule has 0 aliphatic carbocycles. The molecule has 0 aromatic carbocycles. The molecule has 0 spiro atoms. The predicted molar refractivity (Wildman–Crippen MR) is 52.0 cm³/mol. The second kappa shape index (κ2) is 5.28. The third-order valence-corrected chi connectivity index (χ3v) is 2.54. The molecular weight excluding hydrogens is 197 g/mol. The van der Waals surface area contributed by atoms with Crippen LogP contribution in [-0.4, -0.2) is 42.6 Å². The van der Waals surface area contributed by atoms with Crippen molar-refractivity contribution in [2.24, 2.45) is 0 Å². The van der Waals surface area contributed by atoms with E-state index in [-0.39, 0.29) is 4.84 Å². The number of ether oxygens (including phenoxy) is 1. The molecule has 0 amide bonds. The number of piperidine rings is 1. The monoisotopic (exact) mass is 211 g/mol. The molecule has 1 fully saturated rings. The van der Waals surface area contributed by atoms with Crippen LogP contribution < -0.4 is 0 Å². The van der Waals surface area contributed by atoms with Crippen LogP contribution in [0.15, 0.2) is 0 Å². The number of nitrogens with zero attached hydrogens (tertiary/aromatic N) is 1. The first-order chi connectivity index (χ1) is 5.72. The number of rotatable bonds is 3. The van der Waals surface area contributed by atoms with Crippen molar-refractivity contribution in [2.45, 2.75) is 23.8 Å². The van der Waals surface area contributed by atoms with Gasteiger partial charge in [0.25, 0.3) is 0 Å². The average molecular weight is 212 g/mol. The molecule has 1 heterocycles. The van der Waals surface area contributed by atoms with Gasteiger partial charge in [-0.1, -0.05) is 0 Å². The molecule has 2 nitrogen and oxygen atoms in total. The van der Waals surface area contributed by atoms with Gasteiger partial charge in [0.05, 0.1) is 6.10 Å². The first-order valence-corrected chi connectivity index (χ1v) is 5.13. The van der Waals surface area contributed by atoms with Crippen LogP contribution in [-0.2, 0) is 4.74 Å². The Morgan fingerprint density at radius 1 is 1.42 bits per heavy atom. The third-order valence-electron chi connectivity index (χ3n) is 2.26. The Hall–Kier alpha value is 0.500. The van der Waals surface area contributed by atoms with Crippen molar-refractivity contribution in [2.75, 3.05) is 26.7 Å². The normalized spacial score (nSPS) is 22.0. The maximum absolute atomic E-state index is 5.67. The average Bonchev–Trinajstić information content (AvgIpc) is 2.05. The van der Waals surface area contributed by atoms with Crippen LogP contribution >= 0.6 is 23.2 Å². The molecule has 72 valence electrons. The van der Waals surface area contributed by atoms with Crippen LogP contribution in [0.1, 0.15) is 12.8 Å². The lowest BCUT2D eigenvalue weighted by atomic mass is 10.1. The summed E-state index contributed by atoms with van der Waals surface area (Å²) < 4.78 is 5.25. The Morgan fingerprint density at radius 3 is 2.42 bits per heavy atom. The van der Waals surface area contributed by atoms with E-state index in [1.165, 1.54) is 0 Å². The smallest absolute Gasteiger partial charge is 0.120 e. The largest absolute Gasteiger partial charge is 0.381 e. The highest BCUT2D eigenvalue weighted by Crippen LogP contribution is 2.14. The van der Waals surface area contributed by atoms with Crippen molar-refractivity contribution in [3.8, 4) is 0 Å². The molecule has 1 saturated heterocycles. The van der Waals surface area contributed by atoms with Crippen LogP contribution in [0.4, 0.5) is 0 Å². The zero-order chi connectivity index (χ0) is 8.97. The molecule has 0 aromatic rings. The van der Waals surface area contributed by atoms with Crippen molar-refractivity contribution >= 4 is 23.2 Å². The predicted octanol–water partition coefficient (Wildman–Crippen LogP) is 1.90. The summed E-state index contributed by atoms with van der Waals surface area (Å²) >= 11 is 11.3. The Labute approximate surface area is 83.8 Å². The topological polar surface area (TPSA) is 12.5 Å². The molecule has 1 rings (SSSR count). The molecule has 1 aliphatic rings. The molecule has 0 saturated carbocycles. The summed E-state index contributed by atoms with van der Waals surface area (Å²) in [6.07, 6.45) is 2.62. The van der Waals surface area contributed by atoms with Gasteiger partial charge in [0.15, 0.2) is 0 Å². The van der Waals surface area contributed by atoms with E-state index >= 15 is 0 Å². The molecule has 0 unspecified atom stereocenters. The van der Waals surface area contributed by atoms with Gasteiger partial charge in [0.2, 0.25) is 0 Å². The van der Waals surface area contributed by atoms with E-state index < -0.39 is 0 Å². The Bertz CT molecular complexity index is 124. The van der Waals surface area contributed by atoms with Gasteiger partial charge >= 0.3 is 0 Å². The van der Waals surface area contributed by atoms with E-state index in [9.17, 15) is 0 Å². The summed E-state index contributed by atoms with van der Waals surface area (Å²) in [6, 6.07) is 0. The van der Waals surface area contributed by atoms with Crippen LogP contribution in [0.5, 0.6) is 0 Å². The molecule has 0 atom stereocenters. The fourth-order valence-electron chi connectivity index (χ4n) is 1.52. The van der Waals surface area contributed by atoms with Gasteiger partial charge in [-0.25, -0.2) is 0 Å². The zero-order valence-electron chi connectivity index (χ0n) is 7.30. The summed E-state index contributed by atoms with van der Waals surface area (Å²) in [5.74, 6) is 0. The van der Waals surface area contributed by atoms with E-state index in [2.05, 4.69) is 4.90 Å². The first kappa shape index (κ1) is 10.6. The molecule has 0 N–H and O–H groups in total. The summed E-state index contributed by atoms with van der Waals surface area (Å²) in [6.45, 7) is 2.88. The third kappa shape index (κ3) is 3.48. The molecule has 0 radical (unpaired) electrons. The lowest BCUT2D eigenvalue weighted by Gasteiger charge is -2.31. The van der Waals surface area contributed by atoms with Gasteiger partial charge in [-0.2, -0.15) is 0 Å². The minimum Gasteiger partial charge on any atom is -0.381 e. The first-order valence-electron chi connectivity index (χ1n) is 4.25. The van der Waals surface area contributed by atoms with E-state index in [1.54, 1.807) is 7.11 Å². The molecule has 0 aromatic heterocycles. The van der Waals surface area contributed by atoms with Gasteiger partial charge in [-0.15, -0.1) is 23.2 Å². The van der Waals surface area contributed by atoms with Crippen molar-refractivity contribution in [1.82, 2.24) is 4.90 Å². The number of halogens is 2. The molecule has 1 aliphatic heterocycles. The van der Waals surface area contributed by atoms with Gasteiger partial charge in [-0.3, -0.25) is 0 Å².